The number of amides is 2. The first-order chi connectivity index (χ1) is 20.3. The van der Waals surface area contributed by atoms with E-state index in [1.54, 1.807) is 31.2 Å². The van der Waals surface area contributed by atoms with Crippen LogP contribution in [0.2, 0.25) is 10.0 Å². The smallest absolute Gasteiger partial charge is 0.270 e. The van der Waals surface area contributed by atoms with Crippen molar-refractivity contribution in [2.75, 3.05) is 4.90 Å². The van der Waals surface area contributed by atoms with Gasteiger partial charge in [0.25, 0.3) is 11.8 Å². The highest BCUT2D eigenvalue weighted by Crippen LogP contribution is 2.38. The first-order valence-corrected chi connectivity index (χ1v) is 14.3. The monoisotopic (exact) mass is 607 g/mol. The standard InChI is InChI=1S/C34H23Cl2N3O2S/c1-21-28(36)13-8-14-29(21)39-33(41)27(32(40)37-34(39)42)19-24-20-30(22-9-4-2-5-10-22)38(26-17-15-25(35)16-18-26)31(24)23-11-6-3-7-12-23/h2-20H,1H3,(H,37,40,42)/b27-19-. The maximum absolute atomic E-state index is 14.0. The summed E-state index contributed by atoms with van der Waals surface area (Å²) in [5, 5.41) is 3.80. The number of rotatable bonds is 5. The minimum Gasteiger partial charge on any atom is -0.309 e. The fraction of sp³-hybridized carbons (Fsp3) is 0.0294. The van der Waals surface area contributed by atoms with Crippen LogP contribution < -0.4 is 10.2 Å². The summed E-state index contributed by atoms with van der Waals surface area (Å²) in [4.78, 5) is 28.6. The third kappa shape index (κ3) is 5.05. The van der Waals surface area contributed by atoms with Gasteiger partial charge in [0, 0.05) is 21.3 Å². The molecule has 0 saturated carbocycles. The molecule has 0 unspecified atom stereocenters. The van der Waals surface area contributed by atoms with Crippen molar-refractivity contribution in [2.45, 2.75) is 6.92 Å². The average molecular weight is 609 g/mol. The molecule has 6 rings (SSSR count). The molecule has 1 aliphatic rings. The van der Waals surface area contributed by atoms with Crippen LogP contribution in [-0.4, -0.2) is 21.5 Å². The van der Waals surface area contributed by atoms with Gasteiger partial charge in [-0.05, 0) is 84.4 Å². The molecule has 0 aliphatic carbocycles. The average Bonchev–Trinajstić information content (AvgIpc) is 3.38. The Morgan fingerprint density at radius 3 is 2.10 bits per heavy atom. The van der Waals surface area contributed by atoms with Gasteiger partial charge in [0.1, 0.15) is 5.57 Å². The molecule has 0 spiro atoms. The summed E-state index contributed by atoms with van der Waals surface area (Å²) in [7, 11) is 0. The Bertz CT molecular complexity index is 1880. The lowest BCUT2D eigenvalue weighted by molar-refractivity contribution is -0.122. The van der Waals surface area contributed by atoms with Crippen molar-refractivity contribution in [3.8, 4) is 28.2 Å². The van der Waals surface area contributed by atoms with Crippen molar-refractivity contribution in [1.82, 2.24) is 9.88 Å². The number of halogens is 2. The van der Waals surface area contributed by atoms with Crippen LogP contribution in [-0.2, 0) is 9.59 Å². The molecule has 42 heavy (non-hydrogen) atoms. The zero-order chi connectivity index (χ0) is 29.4. The van der Waals surface area contributed by atoms with Gasteiger partial charge in [0.05, 0.1) is 17.1 Å². The molecule has 206 valence electrons. The van der Waals surface area contributed by atoms with Crippen molar-refractivity contribution in [3.63, 3.8) is 0 Å². The molecular weight excluding hydrogens is 585 g/mol. The van der Waals surface area contributed by atoms with E-state index in [4.69, 9.17) is 35.4 Å². The molecule has 4 aromatic carbocycles. The first-order valence-electron chi connectivity index (χ1n) is 13.1. The lowest BCUT2D eigenvalue weighted by atomic mass is 10.0. The fourth-order valence-electron chi connectivity index (χ4n) is 5.08. The van der Waals surface area contributed by atoms with Crippen LogP contribution in [0.15, 0.2) is 115 Å². The minimum atomic E-state index is -0.569. The van der Waals surface area contributed by atoms with Gasteiger partial charge in [0.15, 0.2) is 5.11 Å². The molecule has 0 atom stereocenters. The third-order valence-corrected chi connectivity index (χ3v) is 8.06. The molecule has 2 amide bonds. The van der Waals surface area contributed by atoms with E-state index in [2.05, 4.69) is 9.88 Å². The molecule has 5 nitrogen and oxygen atoms in total. The van der Waals surface area contributed by atoms with Gasteiger partial charge >= 0.3 is 0 Å². The van der Waals surface area contributed by atoms with Crippen LogP contribution in [0.25, 0.3) is 34.3 Å². The predicted molar refractivity (Wildman–Crippen MR) is 174 cm³/mol. The molecule has 1 aliphatic heterocycles. The molecule has 1 fully saturated rings. The topological polar surface area (TPSA) is 54.3 Å². The quantitative estimate of drug-likeness (QED) is 0.124. The van der Waals surface area contributed by atoms with Crippen LogP contribution in [0.1, 0.15) is 11.1 Å². The normalized spacial score (nSPS) is 14.4. The van der Waals surface area contributed by atoms with E-state index in [-0.39, 0.29) is 10.7 Å². The summed E-state index contributed by atoms with van der Waals surface area (Å²) in [6.45, 7) is 1.80. The van der Waals surface area contributed by atoms with Crippen LogP contribution >= 0.6 is 35.4 Å². The van der Waals surface area contributed by atoms with E-state index in [0.717, 1.165) is 28.2 Å². The fourth-order valence-corrected chi connectivity index (χ4v) is 5.65. The number of thiocarbonyl (C=S) groups is 1. The van der Waals surface area contributed by atoms with E-state index >= 15 is 0 Å². The number of nitrogens with zero attached hydrogens (tertiary/aromatic N) is 2. The lowest BCUT2D eigenvalue weighted by Gasteiger charge is -2.30. The highest BCUT2D eigenvalue weighted by molar-refractivity contribution is 7.80. The number of hydrogen-bond donors (Lipinski definition) is 1. The van der Waals surface area contributed by atoms with Crippen LogP contribution in [0.4, 0.5) is 5.69 Å². The van der Waals surface area contributed by atoms with E-state index < -0.39 is 11.8 Å². The minimum absolute atomic E-state index is 0.000455. The predicted octanol–water partition coefficient (Wildman–Crippen LogP) is 8.26. The Morgan fingerprint density at radius 2 is 1.43 bits per heavy atom. The number of hydrogen-bond acceptors (Lipinski definition) is 3. The summed E-state index contributed by atoms with van der Waals surface area (Å²) >= 11 is 18.1. The molecule has 0 bridgehead atoms. The van der Waals surface area contributed by atoms with Gasteiger partial charge in [-0.2, -0.15) is 0 Å². The second-order valence-electron chi connectivity index (χ2n) is 9.72. The van der Waals surface area contributed by atoms with Crippen molar-refractivity contribution in [3.05, 3.63) is 136 Å². The zero-order valence-electron chi connectivity index (χ0n) is 22.3. The summed E-state index contributed by atoms with van der Waals surface area (Å²) < 4.78 is 2.11. The Labute approximate surface area is 258 Å². The van der Waals surface area contributed by atoms with Gasteiger partial charge in [-0.1, -0.05) is 89.9 Å². The maximum atomic E-state index is 14.0. The Kier molecular flexibility index (Phi) is 7.52. The van der Waals surface area contributed by atoms with E-state index in [1.807, 2.05) is 91.0 Å². The molecule has 1 N–H and O–H groups in total. The summed E-state index contributed by atoms with van der Waals surface area (Å²) in [5.41, 5.74) is 6.25. The Morgan fingerprint density at radius 1 is 0.786 bits per heavy atom. The molecule has 5 aromatic rings. The van der Waals surface area contributed by atoms with Gasteiger partial charge in [-0.25, -0.2) is 0 Å². The van der Waals surface area contributed by atoms with Crippen molar-refractivity contribution < 1.29 is 9.59 Å². The van der Waals surface area contributed by atoms with Gasteiger partial charge in [-0.15, -0.1) is 0 Å². The Balaban J connectivity index is 1.60. The number of aromatic nitrogens is 1. The number of benzene rings is 4. The number of carbonyl (C=O) groups excluding carboxylic acids is 2. The lowest BCUT2D eigenvalue weighted by Crippen LogP contribution is -2.54. The SMILES string of the molecule is Cc1c(Cl)cccc1N1C(=O)/C(=C\c2cc(-c3ccccc3)n(-c3ccc(Cl)cc3)c2-c2ccccc2)C(=O)NC1=S. The van der Waals surface area contributed by atoms with E-state index in [1.165, 1.54) is 4.90 Å². The number of carbonyl (C=O) groups is 2. The molecular formula is C34H23Cl2N3O2S. The van der Waals surface area contributed by atoms with Crippen LogP contribution in [0, 0.1) is 6.92 Å². The van der Waals surface area contributed by atoms with Crippen molar-refractivity contribution in [2.24, 2.45) is 0 Å². The van der Waals surface area contributed by atoms with Gasteiger partial charge < -0.3 is 4.57 Å². The molecule has 0 radical (unpaired) electrons. The highest BCUT2D eigenvalue weighted by Gasteiger charge is 2.36. The molecule has 1 aromatic heterocycles. The number of nitrogens with one attached hydrogen (secondary N) is 1. The summed E-state index contributed by atoms with van der Waals surface area (Å²) in [5.74, 6) is -1.10. The second-order valence-corrected chi connectivity index (χ2v) is 10.9. The van der Waals surface area contributed by atoms with Crippen molar-refractivity contribution >= 4 is 64.1 Å². The third-order valence-electron chi connectivity index (χ3n) is 7.11. The summed E-state index contributed by atoms with van der Waals surface area (Å²) in [6.07, 6.45) is 1.63. The largest absolute Gasteiger partial charge is 0.309 e. The second kappa shape index (κ2) is 11.4. The summed E-state index contributed by atoms with van der Waals surface area (Å²) in [6, 6.07) is 34.6. The van der Waals surface area contributed by atoms with E-state index in [9.17, 15) is 9.59 Å². The van der Waals surface area contributed by atoms with Gasteiger partial charge in [0.2, 0.25) is 0 Å². The zero-order valence-corrected chi connectivity index (χ0v) is 24.7. The maximum Gasteiger partial charge on any atom is 0.270 e. The highest BCUT2D eigenvalue weighted by atomic mass is 35.5. The van der Waals surface area contributed by atoms with Gasteiger partial charge in [-0.3, -0.25) is 19.8 Å². The van der Waals surface area contributed by atoms with Crippen molar-refractivity contribution in [1.29, 1.82) is 0 Å². The first kappa shape index (κ1) is 27.7. The molecule has 1 saturated heterocycles. The van der Waals surface area contributed by atoms with E-state index in [0.29, 0.717) is 26.9 Å². The van der Waals surface area contributed by atoms with Crippen LogP contribution in [0.3, 0.4) is 0 Å². The number of anilines is 1. The molecule has 8 heteroatoms. The van der Waals surface area contributed by atoms with Crippen LogP contribution in [0.5, 0.6) is 0 Å². The molecule has 2 heterocycles. The Hall–Kier alpha value is -4.49.